The number of benzene rings is 1. The van der Waals surface area contributed by atoms with Crippen LogP contribution in [0.25, 0.3) is 0 Å². The largest absolute Gasteiger partial charge is 0.325 e. The lowest BCUT2D eigenvalue weighted by Crippen LogP contribution is -2.23. The van der Waals surface area contributed by atoms with Gasteiger partial charge in [0.1, 0.15) is 5.82 Å². The molecule has 1 aliphatic rings. The average Bonchev–Trinajstić information content (AvgIpc) is 3.04. The fraction of sp³-hybridized carbons (Fsp3) is 0.526. The Balaban J connectivity index is 1.67. The molecule has 2 aromatic rings. The first-order valence-electron chi connectivity index (χ1n) is 9.48. The maximum Gasteiger partial charge on any atom is 0.271 e. The molecule has 1 N–H and O–H groups in total. The van der Waals surface area contributed by atoms with Gasteiger partial charge in [0.2, 0.25) is 5.91 Å². The van der Waals surface area contributed by atoms with Gasteiger partial charge in [-0.25, -0.2) is 0 Å². The zero-order valence-electron chi connectivity index (χ0n) is 16.3. The Kier molecular flexibility index (Phi) is 6.33. The molecule has 0 spiro atoms. The molecule has 1 heterocycles. The van der Waals surface area contributed by atoms with E-state index >= 15 is 0 Å². The van der Waals surface area contributed by atoms with Gasteiger partial charge in [0.25, 0.3) is 5.69 Å². The van der Waals surface area contributed by atoms with Crippen LogP contribution in [-0.4, -0.2) is 30.8 Å². The molecule has 1 amide bonds. The van der Waals surface area contributed by atoms with Crippen molar-refractivity contribution in [2.75, 3.05) is 5.32 Å². The summed E-state index contributed by atoms with van der Waals surface area (Å²) in [5.41, 5.74) is 1.17. The predicted molar refractivity (Wildman–Crippen MR) is 109 cm³/mol. The van der Waals surface area contributed by atoms with Crippen LogP contribution in [0.3, 0.4) is 0 Å². The Labute approximate surface area is 168 Å². The molecule has 3 rings (SSSR count). The highest BCUT2D eigenvalue weighted by Crippen LogP contribution is 2.33. The van der Waals surface area contributed by atoms with Gasteiger partial charge in [0, 0.05) is 25.1 Å². The summed E-state index contributed by atoms with van der Waals surface area (Å²) in [6, 6.07) is 4.44. The lowest BCUT2D eigenvalue weighted by atomic mass is 9.89. The number of thioether (sulfide) groups is 1. The summed E-state index contributed by atoms with van der Waals surface area (Å²) in [6.07, 6.45) is 6.00. The third-order valence-electron chi connectivity index (χ3n) is 5.18. The molecule has 1 atom stereocenters. The summed E-state index contributed by atoms with van der Waals surface area (Å²) in [6.45, 7) is 3.60. The molecule has 8 nitrogen and oxygen atoms in total. The molecule has 0 unspecified atom stereocenters. The van der Waals surface area contributed by atoms with E-state index in [1.165, 1.54) is 43.2 Å². The molecule has 0 radical (unpaired) electrons. The van der Waals surface area contributed by atoms with E-state index < -0.39 is 10.2 Å². The van der Waals surface area contributed by atoms with Crippen molar-refractivity contribution in [2.45, 2.75) is 62.3 Å². The molecule has 1 fully saturated rings. The number of anilines is 1. The molecule has 150 valence electrons. The number of nitro benzene ring substituents is 1. The Hall–Kier alpha value is -2.42. The van der Waals surface area contributed by atoms with Crippen molar-refractivity contribution in [3.8, 4) is 0 Å². The van der Waals surface area contributed by atoms with E-state index in [-0.39, 0.29) is 11.6 Å². The minimum Gasteiger partial charge on any atom is -0.325 e. The highest BCUT2D eigenvalue weighted by molar-refractivity contribution is 8.00. The van der Waals surface area contributed by atoms with Gasteiger partial charge < -0.3 is 9.88 Å². The van der Waals surface area contributed by atoms with Crippen LogP contribution in [0, 0.1) is 17.0 Å². The van der Waals surface area contributed by atoms with E-state index in [1.54, 1.807) is 19.9 Å². The number of hydrogen-bond donors (Lipinski definition) is 1. The summed E-state index contributed by atoms with van der Waals surface area (Å²) >= 11 is 1.34. The van der Waals surface area contributed by atoms with Crippen molar-refractivity contribution in [3.05, 3.63) is 39.7 Å². The molecule has 1 saturated carbocycles. The fourth-order valence-electron chi connectivity index (χ4n) is 3.45. The SMILES string of the molecule is Cc1ccc([N+](=O)[O-])cc1NC(=O)[C@@H](C)Sc1nnc(C2CCCCC2)n1C. The van der Waals surface area contributed by atoms with Crippen LogP contribution in [-0.2, 0) is 11.8 Å². The highest BCUT2D eigenvalue weighted by Gasteiger charge is 2.24. The van der Waals surface area contributed by atoms with Gasteiger partial charge in [-0.3, -0.25) is 14.9 Å². The number of nitrogens with zero attached hydrogens (tertiary/aromatic N) is 4. The van der Waals surface area contributed by atoms with Gasteiger partial charge in [-0.15, -0.1) is 10.2 Å². The lowest BCUT2D eigenvalue weighted by molar-refractivity contribution is -0.384. The van der Waals surface area contributed by atoms with Gasteiger partial charge in [0.15, 0.2) is 5.16 Å². The van der Waals surface area contributed by atoms with Crippen molar-refractivity contribution >= 4 is 29.0 Å². The minimum absolute atomic E-state index is 0.0494. The average molecular weight is 404 g/mol. The molecule has 9 heteroatoms. The highest BCUT2D eigenvalue weighted by atomic mass is 32.2. The number of hydrogen-bond acceptors (Lipinski definition) is 6. The smallest absolute Gasteiger partial charge is 0.271 e. The first kappa shape index (κ1) is 20.3. The van der Waals surface area contributed by atoms with Crippen LogP contribution < -0.4 is 5.32 Å². The molecular weight excluding hydrogens is 378 g/mol. The third-order valence-corrected chi connectivity index (χ3v) is 6.31. The van der Waals surface area contributed by atoms with E-state index in [9.17, 15) is 14.9 Å². The minimum atomic E-state index is -0.473. The second kappa shape index (κ2) is 8.72. The Bertz CT molecular complexity index is 876. The summed E-state index contributed by atoms with van der Waals surface area (Å²) in [4.78, 5) is 23.1. The van der Waals surface area contributed by atoms with Gasteiger partial charge in [0.05, 0.1) is 15.9 Å². The number of carbonyl (C=O) groups excluding carboxylic acids is 1. The Morgan fingerprint density at radius 1 is 1.32 bits per heavy atom. The topological polar surface area (TPSA) is 103 Å². The molecule has 0 bridgehead atoms. The van der Waals surface area contributed by atoms with Crippen LogP contribution in [0.4, 0.5) is 11.4 Å². The Morgan fingerprint density at radius 2 is 2.04 bits per heavy atom. The van der Waals surface area contributed by atoms with E-state index in [1.807, 2.05) is 11.6 Å². The van der Waals surface area contributed by atoms with Gasteiger partial charge >= 0.3 is 0 Å². The standard InChI is InChI=1S/C19H25N5O3S/c1-12-9-10-15(24(26)27)11-16(12)20-18(25)13(2)28-19-22-21-17(23(19)3)14-7-5-4-6-8-14/h9-11,13-14H,4-8H2,1-3H3,(H,20,25)/t13-/m1/s1. The van der Waals surface area contributed by atoms with Crippen molar-refractivity contribution in [1.82, 2.24) is 14.8 Å². The number of aryl methyl sites for hydroxylation is 1. The van der Waals surface area contributed by atoms with Crippen LogP contribution in [0.2, 0.25) is 0 Å². The van der Waals surface area contributed by atoms with Crippen LogP contribution >= 0.6 is 11.8 Å². The monoisotopic (exact) mass is 403 g/mol. The summed E-state index contributed by atoms with van der Waals surface area (Å²) in [7, 11) is 1.95. The first-order valence-corrected chi connectivity index (χ1v) is 10.4. The quantitative estimate of drug-likeness (QED) is 0.440. The molecule has 1 aromatic carbocycles. The van der Waals surface area contributed by atoms with E-state index in [2.05, 4.69) is 15.5 Å². The van der Waals surface area contributed by atoms with Crippen molar-refractivity contribution in [1.29, 1.82) is 0 Å². The van der Waals surface area contributed by atoms with E-state index in [0.29, 0.717) is 16.8 Å². The number of amides is 1. The van der Waals surface area contributed by atoms with Crippen LogP contribution in [0.5, 0.6) is 0 Å². The number of non-ortho nitro benzene ring substituents is 1. The second-order valence-electron chi connectivity index (χ2n) is 7.24. The molecule has 0 saturated heterocycles. The van der Waals surface area contributed by atoms with E-state index in [4.69, 9.17) is 0 Å². The molecule has 1 aromatic heterocycles. The Morgan fingerprint density at radius 3 is 2.71 bits per heavy atom. The number of nitrogens with one attached hydrogen (secondary N) is 1. The lowest BCUT2D eigenvalue weighted by Gasteiger charge is -2.20. The summed E-state index contributed by atoms with van der Waals surface area (Å²) in [5.74, 6) is 1.21. The van der Waals surface area contributed by atoms with Crippen LogP contribution in [0.15, 0.2) is 23.4 Å². The number of carbonyl (C=O) groups is 1. The molecule has 1 aliphatic carbocycles. The first-order chi connectivity index (χ1) is 13.4. The van der Waals surface area contributed by atoms with Gasteiger partial charge in [-0.05, 0) is 32.3 Å². The van der Waals surface area contributed by atoms with Crippen molar-refractivity contribution < 1.29 is 9.72 Å². The molecule has 0 aliphatic heterocycles. The summed E-state index contributed by atoms with van der Waals surface area (Å²) in [5, 5.41) is 22.7. The zero-order chi connectivity index (χ0) is 20.3. The number of aromatic nitrogens is 3. The number of rotatable bonds is 6. The van der Waals surface area contributed by atoms with E-state index in [0.717, 1.165) is 24.2 Å². The van der Waals surface area contributed by atoms with Gasteiger partial charge in [-0.2, -0.15) is 0 Å². The maximum atomic E-state index is 12.6. The van der Waals surface area contributed by atoms with Crippen molar-refractivity contribution in [2.24, 2.45) is 7.05 Å². The molecular formula is C19H25N5O3S. The normalized spacial score (nSPS) is 16.0. The fourth-order valence-corrected chi connectivity index (χ4v) is 4.27. The molecule has 28 heavy (non-hydrogen) atoms. The van der Waals surface area contributed by atoms with Crippen LogP contribution in [0.1, 0.15) is 56.3 Å². The van der Waals surface area contributed by atoms with Gasteiger partial charge in [-0.1, -0.05) is 37.1 Å². The zero-order valence-corrected chi connectivity index (χ0v) is 17.2. The third kappa shape index (κ3) is 4.52. The number of nitro groups is 1. The van der Waals surface area contributed by atoms with Crippen molar-refractivity contribution in [3.63, 3.8) is 0 Å². The predicted octanol–water partition coefficient (Wildman–Crippen LogP) is 4.20. The second-order valence-corrected chi connectivity index (χ2v) is 8.55. The maximum absolute atomic E-state index is 12.6. The summed E-state index contributed by atoms with van der Waals surface area (Å²) < 4.78 is 1.99.